The quantitative estimate of drug-likeness (QED) is 0.146. The standard InChI is InChI=1S/C72H42/c1-4-11-43(12-5-1)55-29-19-47-26-37-63-57(31-21-49-24-35-61(55)68(47)70(49)63)52-39-53(58-32-22-50-25-36-62-56(44-13-6-2-7-14-44)30-20-48-27-38-64(58)71(50)69(48)62)41-54(40-52)59-33-28-51-42-66(45-15-8-3-9-16-45)60-18-10-17-46-23-34-65(59)72(51)67(46)60/h1-42H. The van der Waals surface area contributed by atoms with Crippen molar-refractivity contribution in [3.8, 4) is 66.8 Å². The van der Waals surface area contributed by atoms with Gasteiger partial charge in [0.1, 0.15) is 0 Å². The highest BCUT2D eigenvalue weighted by molar-refractivity contribution is 6.31. The van der Waals surface area contributed by atoms with Crippen LogP contribution < -0.4 is 0 Å². The molecule has 330 valence electrons. The van der Waals surface area contributed by atoms with Gasteiger partial charge < -0.3 is 0 Å². The molecule has 0 bridgehead atoms. The third-order valence-corrected chi connectivity index (χ3v) is 16.1. The third kappa shape index (κ3) is 5.69. The van der Waals surface area contributed by atoms with Crippen molar-refractivity contribution in [1.29, 1.82) is 0 Å². The van der Waals surface area contributed by atoms with Gasteiger partial charge in [-0.1, -0.05) is 231 Å². The van der Waals surface area contributed by atoms with Gasteiger partial charge in [-0.05, 0) is 188 Å². The molecule has 0 saturated heterocycles. The van der Waals surface area contributed by atoms with E-state index < -0.39 is 0 Å². The zero-order valence-electron chi connectivity index (χ0n) is 39.2. The molecule has 0 heteroatoms. The van der Waals surface area contributed by atoms with Crippen LogP contribution in [0.4, 0.5) is 0 Å². The molecule has 16 aromatic carbocycles. The van der Waals surface area contributed by atoms with Crippen molar-refractivity contribution < 1.29 is 0 Å². The van der Waals surface area contributed by atoms with Crippen LogP contribution in [0.15, 0.2) is 255 Å². The fraction of sp³-hybridized carbons (Fsp3) is 0. The molecule has 0 fully saturated rings. The molecular formula is C72H42. The van der Waals surface area contributed by atoms with E-state index in [4.69, 9.17) is 0 Å². The van der Waals surface area contributed by atoms with E-state index in [1.807, 2.05) is 0 Å². The summed E-state index contributed by atoms with van der Waals surface area (Å²) in [6, 6.07) is 96.0. The van der Waals surface area contributed by atoms with Crippen molar-refractivity contribution in [2.75, 3.05) is 0 Å². The molecule has 0 aliphatic heterocycles. The van der Waals surface area contributed by atoms with Crippen molar-refractivity contribution in [1.82, 2.24) is 0 Å². The van der Waals surface area contributed by atoms with E-state index in [1.54, 1.807) is 0 Å². The minimum Gasteiger partial charge on any atom is -0.0622 e. The molecule has 0 N–H and O–H groups in total. The Kier molecular flexibility index (Phi) is 8.26. The molecule has 72 heavy (non-hydrogen) atoms. The monoisotopic (exact) mass is 906 g/mol. The first-order valence-electron chi connectivity index (χ1n) is 25.1. The molecule has 0 aromatic heterocycles. The van der Waals surface area contributed by atoms with E-state index in [0.717, 1.165) is 0 Å². The molecule has 0 radical (unpaired) electrons. The van der Waals surface area contributed by atoms with E-state index in [2.05, 4.69) is 255 Å². The van der Waals surface area contributed by atoms with Crippen molar-refractivity contribution >= 4 is 97.0 Å². The van der Waals surface area contributed by atoms with Crippen LogP contribution in [0.5, 0.6) is 0 Å². The van der Waals surface area contributed by atoms with Crippen molar-refractivity contribution in [2.45, 2.75) is 0 Å². The molecule has 0 saturated carbocycles. The summed E-state index contributed by atoms with van der Waals surface area (Å²) in [7, 11) is 0. The number of rotatable bonds is 6. The Morgan fingerprint density at radius 1 is 0.139 bits per heavy atom. The van der Waals surface area contributed by atoms with Crippen LogP contribution in [0.2, 0.25) is 0 Å². The van der Waals surface area contributed by atoms with Gasteiger partial charge in [-0.3, -0.25) is 0 Å². The average Bonchev–Trinajstić information content (AvgIpc) is 3.45. The van der Waals surface area contributed by atoms with Crippen LogP contribution in [-0.2, 0) is 0 Å². The summed E-state index contributed by atoms with van der Waals surface area (Å²) in [5, 5.41) is 23.2. The van der Waals surface area contributed by atoms with Gasteiger partial charge in [-0.15, -0.1) is 0 Å². The van der Waals surface area contributed by atoms with Gasteiger partial charge in [0.2, 0.25) is 0 Å². The zero-order chi connectivity index (χ0) is 47.0. The second kappa shape index (κ2) is 15.1. The summed E-state index contributed by atoms with van der Waals surface area (Å²) < 4.78 is 0. The summed E-state index contributed by atoms with van der Waals surface area (Å²) in [6.07, 6.45) is 0. The second-order valence-electron chi connectivity index (χ2n) is 19.8. The van der Waals surface area contributed by atoms with Crippen LogP contribution in [0.25, 0.3) is 164 Å². The minimum atomic E-state index is 1.21. The van der Waals surface area contributed by atoms with Gasteiger partial charge in [0.05, 0.1) is 0 Å². The fourth-order valence-corrected chi connectivity index (χ4v) is 12.9. The predicted octanol–water partition coefficient (Wildman–Crippen LogP) is 20.4. The van der Waals surface area contributed by atoms with Gasteiger partial charge in [0.25, 0.3) is 0 Å². The number of benzene rings is 16. The smallest absolute Gasteiger partial charge is 0.00201 e. The summed E-state index contributed by atoms with van der Waals surface area (Å²) in [5.41, 5.74) is 14.8. The first-order valence-corrected chi connectivity index (χ1v) is 25.1. The lowest BCUT2D eigenvalue weighted by Crippen LogP contribution is -1.93. The maximum absolute atomic E-state index is 2.47. The van der Waals surface area contributed by atoms with Crippen LogP contribution in [-0.4, -0.2) is 0 Å². The van der Waals surface area contributed by atoms with Crippen LogP contribution in [0.3, 0.4) is 0 Å². The SMILES string of the molecule is c1ccc(-c2ccc3ccc4c(-c5cc(-c6ccc7ccc8c(-c9ccccc9)ccc9ccc6c7c98)cc(-c6ccc7cc(-c8ccccc8)c8cccc9ccc6c7c98)c5)ccc5ccc2c3c54)cc1. The highest BCUT2D eigenvalue weighted by Gasteiger charge is 2.21. The predicted molar refractivity (Wildman–Crippen MR) is 310 cm³/mol. The van der Waals surface area contributed by atoms with Crippen LogP contribution in [0, 0.1) is 0 Å². The summed E-state index contributed by atoms with van der Waals surface area (Å²) >= 11 is 0. The second-order valence-corrected chi connectivity index (χ2v) is 19.8. The maximum Gasteiger partial charge on any atom is -0.00201 e. The zero-order valence-corrected chi connectivity index (χ0v) is 39.2. The van der Waals surface area contributed by atoms with E-state index in [9.17, 15) is 0 Å². The molecule has 0 amide bonds. The highest BCUT2D eigenvalue weighted by atomic mass is 14.2. The average molecular weight is 907 g/mol. The lowest BCUT2D eigenvalue weighted by molar-refractivity contribution is 1.61. The van der Waals surface area contributed by atoms with Crippen molar-refractivity contribution in [2.24, 2.45) is 0 Å². The summed E-state index contributed by atoms with van der Waals surface area (Å²) in [5.74, 6) is 0. The van der Waals surface area contributed by atoms with Gasteiger partial charge in [0, 0.05) is 0 Å². The molecule has 0 nitrogen and oxygen atoms in total. The number of hydrogen-bond donors (Lipinski definition) is 0. The molecule has 16 rings (SSSR count). The Morgan fingerprint density at radius 3 is 0.764 bits per heavy atom. The molecule has 0 atom stereocenters. The van der Waals surface area contributed by atoms with E-state index in [1.165, 1.54) is 164 Å². The first-order chi connectivity index (χ1) is 35.7. The Morgan fingerprint density at radius 2 is 0.403 bits per heavy atom. The van der Waals surface area contributed by atoms with E-state index >= 15 is 0 Å². The Balaban J connectivity index is 0.976. The van der Waals surface area contributed by atoms with Crippen LogP contribution >= 0.6 is 0 Å². The largest absolute Gasteiger partial charge is 0.0622 e. The lowest BCUT2D eigenvalue weighted by Gasteiger charge is -2.20. The molecule has 0 unspecified atom stereocenters. The molecule has 0 heterocycles. The first kappa shape index (κ1) is 39.5. The lowest BCUT2D eigenvalue weighted by atomic mass is 9.83. The van der Waals surface area contributed by atoms with Gasteiger partial charge >= 0.3 is 0 Å². The van der Waals surface area contributed by atoms with Gasteiger partial charge in [-0.25, -0.2) is 0 Å². The Hall–Kier alpha value is -9.36. The molecule has 0 aliphatic rings. The number of hydrogen-bond acceptors (Lipinski definition) is 0. The Bertz CT molecular complexity index is 4500. The van der Waals surface area contributed by atoms with Crippen LogP contribution in [0.1, 0.15) is 0 Å². The topological polar surface area (TPSA) is 0 Å². The van der Waals surface area contributed by atoms with Crippen molar-refractivity contribution in [3.05, 3.63) is 255 Å². The third-order valence-electron chi connectivity index (χ3n) is 16.1. The van der Waals surface area contributed by atoms with Gasteiger partial charge in [-0.2, -0.15) is 0 Å². The van der Waals surface area contributed by atoms with E-state index in [0.29, 0.717) is 0 Å². The fourth-order valence-electron chi connectivity index (χ4n) is 12.9. The Labute approximate surface area is 416 Å². The minimum absolute atomic E-state index is 1.21. The van der Waals surface area contributed by atoms with Gasteiger partial charge in [0.15, 0.2) is 0 Å². The van der Waals surface area contributed by atoms with E-state index in [-0.39, 0.29) is 0 Å². The molecule has 0 spiro atoms. The summed E-state index contributed by atoms with van der Waals surface area (Å²) in [6.45, 7) is 0. The van der Waals surface area contributed by atoms with Crippen molar-refractivity contribution in [3.63, 3.8) is 0 Å². The molecular weight excluding hydrogens is 865 g/mol. The normalized spacial score (nSPS) is 12.2. The highest BCUT2D eigenvalue weighted by Crippen LogP contribution is 2.49. The summed E-state index contributed by atoms with van der Waals surface area (Å²) in [4.78, 5) is 0. The molecule has 0 aliphatic carbocycles. The maximum atomic E-state index is 2.47. The molecule has 16 aromatic rings.